The average molecular weight is 242 g/mol. The predicted molar refractivity (Wildman–Crippen MR) is 60.2 cm³/mol. The van der Waals surface area contributed by atoms with E-state index in [9.17, 15) is 14.4 Å². The first-order valence-corrected chi connectivity index (χ1v) is 5.75. The van der Waals surface area contributed by atoms with Gasteiger partial charge in [0, 0.05) is 25.9 Å². The third-order valence-corrected chi connectivity index (χ3v) is 2.82. The second kappa shape index (κ2) is 6.22. The summed E-state index contributed by atoms with van der Waals surface area (Å²) in [4.78, 5) is 32.9. The molecule has 1 aliphatic heterocycles. The van der Waals surface area contributed by atoms with Crippen molar-refractivity contribution in [3.8, 4) is 0 Å². The van der Waals surface area contributed by atoms with Gasteiger partial charge in [-0.05, 0) is 12.3 Å². The Hall–Kier alpha value is -1.59. The number of hydrogen-bond donors (Lipinski definition) is 3. The molecule has 0 aliphatic carbocycles. The number of carboxylic acid groups (broad SMARTS) is 1. The van der Waals surface area contributed by atoms with Crippen molar-refractivity contribution < 1.29 is 19.5 Å². The molecule has 1 saturated heterocycles. The SMILES string of the molecule is CC(CCC(=O)O)CNC(=O)C1CNC(=O)C1. The number of amides is 2. The second-order valence-electron chi connectivity index (χ2n) is 4.49. The smallest absolute Gasteiger partial charge is 0.303 e. The van der Waals surface area contributed by atoms with Gasteiger partial charge in [-0.25, -0.2) is 0 Å². The molecule has 0 aromatic carbocycles. The van der Waals surface area contributed by atoms with Crippen molar-refractivity contribution in [3.63, 3.8) is 0 Å². The molecule has 17 heavy (non-hydrogen) atoms. The molecule has 1 aliphatic rings. The molecule has 0 radical (unpaired) electrons. The number of aliphatic carboxylic acids is 1. The number of nitrogens with one attached hydrogen (secondary N) is 2. The summed E-state index contributed by atoms with van der Waals surface area (Å²) >= 11 is 0. The second-order valence-corrected chi connectivity index (χ2v) is 4.49. The minimum Gasteiger partial charge on any atom is -0.481 e. The fraction of sp³-hybridized carbons (Fsp3) is 0.727. The van der Waals surface area contributed by atoms with Crippen LogP contribution in [-0.4, -0.2) is 36.0 Å². The summed E-state index contributed by atoms with van der Waals surface area (Å²) < 4.78 is 0. The van der Waals surface area contributed by atoms with Gasteiger partial charge in [-0.3, -0.25) is 14.4 Å². The van der Waals surface area contributed by atoms with Crippen molar-refractivity contribution in [2.75, 3.05) is 13.1 Å². The maximum atomic E-state index is 11.6. The molecule has 2 unspecified atom stereocenters. The van der Waals surface area contributed by atoms with Gasteiger partial charge in [0.1, 0.15) is 0 Å². The van der Waals surface area contributed by atoms with Crippen molar-refractivity contribution in [1.29, 1.82) is 0 Å². The van der Waals surface area contributed by atoms with Crippen LogP contribution in [0.15, 0.2) is 0 Å². The summed E-state index contributed by atoms with van der Waals surface area (Å²) in [6.45, 7) is 2.74. The van der Waals surface area contributed by atoms with Crippen LogP contribution in [0.5, 0.6) is 0 Å². The van der Waals surface area contributed by atoms with Gasteiger partial charge < -0.3 is 15.7 Å². The van der Waals surface area contributed by atoms with Crippen LogP contribution < -0.4 is 10.6 Å². The standard InChI is InChI=1S/C11H18N2O4/c1-7(2-3-10(15)16)5-13-11(17)8-4-9(14)12-6-8/h7-8H,2-6H2,1H3,(H,12,14)(H,13,17)(H,15,16). The first kappa shape index (κ1) is 13.5. The molecule has 6 nitrogen and oxygen atoms in total. The molecule has 0 aromatic rings. The zero-order valence-corrected chi connectivity index (χ0v) is 9.86. The predicted octanol–water partition coefficient (Wildman–Crippen LogP) is -0.260. The summed E-state index contributed by atoms with van der Waals surface area (Å²) in [6.07, 6.45) is 0.896. The van der Waals surface area contributed by atoms with Gasteiger partial charge in [0.15, 0.2) is 0 Å². The Kier molecular flexibility index (Phi) is 4.93. The third-order valence-electron chi connectivity index (χ3n) is 2.82. The van der Waals surface area contributed by atoms with Crippen molar-refractivity contribution in [1.82, 2.24) is 10.6 Å². The fourth-order valence-electron chi connectivity index (χ4n) is 1.68. The Balaban J connectivity index is 2.19. The summed E-state index contributed by atoms with van der Waals surface area (Å²) in [5, 5.41) is 13.9. The van der Waals surface area contributed by atoms with E-state index in [1.54, 1.807) is 0 Å². The summed E-state index contributed by atoms with van der Waals surface area (Å²) in [7, 11) is 0. The van der Waals surface area contributed by atoms with E-state index in [1.807, 2.05) is 6.92 Å². The molecule has 2 amide bonds. The molecule has 0 saturated carbocycles. The normalized spacial score (nSPS) is 20.8. The van der Waals surface area contributed by atoms with Gasteiger partial charge in [0.25, 0.3) is 0 Å². The molecular formula is C11H18N2O4. The Morgan fingerprint density at radius 1 is 1.59 bits per heavy atom. The highest BCUT2D eigenvalue weighted by molar-refractivity contribution is 5.89. The maximum Gasteiger partial charge on any atom is 0.303 e. The van der Waals surface area contributed by atoms with Crippen molar-refractivity contribution in [2.45, 2.75) is 26.2 Å². The van der Waals surface area contributed by atoms with E-state index in [4.69, 9.17) is 5.11 Å². The Morgan fingerprint density at radius 3 is 2.82 bits per heavy atom. The molecule has 0 aromatic heterocycles. The molecule has 3 N–H and O–H groups in total. The third kappa shape index (κ3) is 4.84. The van der Waals surface area contributed by atoms with E-state index in [0.717, 1.165) is 0 Å². The Bertz CT molecular complexity index is 317. The van der Waals surface area contributed by atoms with Crippen LogP contribution in [0.25, 0.3) is 0 Å². The Labute approximate surface area is 99.8 Å². The van der Waals surface area contributed by atoms with Gasteiger partial charge in [-0.1, -0.05) is 6.92 Å². The number of hydrogen-bond acceptors (Lipinski definition) is 3. The van der Waals surface area contributed by atoms with Crippen molar-refractivity contribution in [2.24, 2.45) is 11.8 Å². The van der Waals surface area contributed by atoms with E-state index < -0.39 is 5.97 Å². The van der Waals surface area contributed by atoms with E-state index in [2.05, 4.69) is 10.6 Å². The zero-order chi connectivity index (χ0) is 12.8. The van der Waals surface area contributed by atoms with Crippen LogP contribution in [-0.2, 0) is 14.4 Å². The average Bonchev–Trinajstić information content (AvgIpc) is 2.70. The maximum absolute atomic E-state index is 11.6. The minimum atomic E-state index is -0.825. The highest BCUT2D eigenvalue weighted by Crippen LogP contribution is 2.09. The van der Waals surface area contributed by atoms with Gasteiger partial charge in [-0.15, -0.1) is 0 Å². The molecule has 1 fully saturated rings. The summed E-state index contributed by atoms with van der Waals surface area (Å²) in [5.41, 5.74) is 0. The van der Waals surface area contributed by atoms with E-state index in [0.29, 0.717) is 19.5 Å². The van der Waals surface area contributed by atoms with Crippen molar-refractivity contribution >= 4 is 17.8 Å². The number of rotatable bonds is 6. The van der Waals surface area contributed by atoms with Crippen molar-refractivity contribution in [3.05, 3.63) is 0 Å². The van der Waals surface area contributed by atoms with Crippen LogP contribution in [0.3, 0.4) is 0 Å². The van der Waals surface area contributed by atoms with Crippen LogP contribution in [0.1, 0.15) is 26.2 Å². The largest absolute Gasteiger partial charge is 0.481 e. The topological polar surface area (TPSA) is 95.5 Å². The van der Waals surface area contributed by atoms with Gasteiger partial charge >= 0.3 is 5.97 Å². The lowest BCUT2D eigenvalue weighted by Gasteiger charge is -2.13. The molecule has 6 heteroatoms. The molecule has 0 bridgehead atoms. The van der Waals surface area contributed by atoms with Crippen LogP contribution in [0.4, 0.5) is 0 Å². The monoisotopic (exact) mass is 242 g/mol. The number of carbonyl (C=O) groups is 3. The van der Waals surface area contributed by atoms with Crippen LogP contribution in [0.2, 0.25) is 0 Å². The number of carboxylic acids is 1. The molecule has 96 valence electrons. The van der Waals surface area contributed by atoms with E-state index in [1.165, 1.54) is 0 Å². The first-order valence-electron chi connectivity index (χ1n) is 5.75. The highest BCUT2D eigenvalue weighted by atomic mass is 16.4. The molecule has 0 spiro atoms. The molecule has 1 rings (SSSR count). The fourth-order valence-corrected chi connectivity index (χ4v) is 1.68. The van der Waals surface area contributed by atoms with Crippen LogP contribution >= 0.6 is 0 Å². The van der Waals surface area contributed by atoms with Gasteiger partial charge in [0.2, 0.25) is 11.8 Å². The van der Waals surface area contributed by atoms with E-state index in [-0.39, 0.29) is 36.5 Å². The lowest BCUT2D eigenvalue weighted by Crippen LogP contribution is -2.34. The molecule has 2 atom stereocenters. The van der Waals surface area contributed by atoms with Gasteiger partial charge in [-0.2, -0.15) is 0 Å². The highest BCUT2D eigenvalue weighted by Gasteiger charge is 2.27. The lowest BCUT2D eigenvalue weighted by atomic mass is 10.0. The van der Waals surface area contributed by atoms with E-state index >= 15 is 0 Å². The van der Waals surface area contributed by atoms with Crippen LogP contribution in [0, 0.1) is 11.8 Å². The number of carbonyl (C=O) groups excluding carboxylic acids is 2. The first-order chi connectivity index (χ1) is 7.99. The molecule has 1 heterocycles. The zero-order valence-electron chi connectivity index (χ0n) is 9.86. The quantitative estimate of drug-likeness (QED) is 0.598. The molecular weight excluding hydrogens is 224 g/mol. The van der Waals surface area contributed by atoms with Gasteiger partial charge in [0.05, 0.1) is 5.92 Å². The summed E-state index contributed by atoms with van der Waals surface area (Å²) in [6, 6.07) is 0. The lowest BCUT2D eigenvalue weighted by molar-refractivity contribution is -0.137. The Morgan fingerprint density at radius 2 is 2.29 bits per heavy atom. The summed E-state index contributed by atoms with van der Waals surface area (Å²) in [5.74, 6) is -1.21. The minimum absolute atomic E-state index is 0.0934.